The van der Waals surface area contributed by atoms with Crippen molar-refractivity contribution in [1.82, 2.24) is 20.5 Å². The fourth-order valence-electron chi connectivity index (χ4n) is 2.75. The Balaban J connectivity index is 1.82. The first-order valence-electron chi connectivity index (χ1n) is 9.52. The van der Waals surface area contributed by atoms with Gasteiger partial charge in [-0.15, -0.1) is 0 Å². The number of amides is 2. The van der Waals surface area contributed by atoms with E-state index in [0.717, 1.165) is 6.21 Å². The molecular formula is C20H28FN5O3. The van der Waals surface area contributed by atoms with Crippen LogP contribution in [0.3, 0.4) is 0 Å². The van der Waals surface area contributed by atoms with Crippen molar-refractivity contribution in [3.63, 3.8) is 0 Å². The van der Waals surface area contributed by atoms with E-state index in [-0.39, 0.29) is 29.9 Å². The minimum atomic E-state index is -0.528. The zero-order valence-corrected chi connectivity index (χ0v) is 17.0. The van der Waals surface area contributed by atoms with Gasteiger partial charge in [-0.2, -0.15) is 0 Å². The molecule has 0 aromatic carbocycles. The minimum absolute atomic E-state index is 0.0645. The lowest BCUT2D eigenvalue weighted by molar-refractivity contribution is -0.117. The average molecular weight is 405 g/mol. The summed E-state index contributed by atoms with van der Waals surface area (Å²) in [5, 5.41) is 13.1. The third-order valence-electron chi connectivity index (χ3n) is 4.29. The van der Waals surface area contributed by atoms with Crippen LogP contribution in [0, 0.1) is 11.2 Å². The molecule has 0 spiro atoms. The number of hydrogen-bond acceptors (Lipinski definition) is 6. The predicted octanol–water partition coefficient (Wildman–Crippen LogP) is 2.36. The second-order valence-electron chi connectivity index (χ2n) is 7.77. The number of pyridine rings is 1. The summed E-state index contributed by atoms with van der Waals surface area (Å²) < 4.78 is 18.9. The minimum Gasteiger partial charge on any atom is -0.444 e. The van der Waals surface area contributed by atoms with Crippen LogP contribution in [-0.4, -0.2) is 52.8 Å². The van der Waals surface area contributed by atoms with E-state index in [0.29, 0.717) is 25.9 Å². The highest BCUT2D eigenvalue weighted by molar-refractivity contribution is 6.11. The zero-order valence-electron chi connectivity index (χ0n) is 17.0. The van der Waals surface area contributed by atoms with Crippen molar-refractivity contribution in [1.29, 1.82) is 5.41 Å². The molecule has 158 valence electrons. The lowest BCUT2D eigenvalue weighted by Gasteiger charge is -2.33. The first-order chi connectivity index (χ1) is 13.7. The van der Waals surface area contributed by atoms with Crippen LogP contribution in [0.4, 0.5) is 9.18 Å². The maximum atomic E-state index is 13.6. The van der Waals surface area contributed by atoms with E-state index in [4.69, 9.17) is 10.1 Å². The smallest absolute Gasteiger partial charge is 0.410 e. The molecule has 8 nitrogen and oxygen atoms in total. The summed E-state index contributed by atoms with van der Waals surface area (Å²) in [5.74, 6) is -0.994. The summed E-state index contributed by atoms with van der Waals surface area (Å²) in [4.78, 5) is 29.8. The molecule has 1 aliphatic rings. The van der Waals surface area contributed by atoms with E-state index >= 15 is 0 Å². The van der Waals surface area contributed by atoms with Gasteiger partial charge in [-0.3, -0.25) is 9.78 Å². The van der Waals surface area contributed by atoms with Gasteiger partial charge in [0.05, 0.1) is 17.8 Å². The summed E-state index contributed by atoms with van der Waals surface area (Å²) in [6.45, 7) is 6.52. The van der Waals surface area contributed by atoms with Gasteiger partial charge in [-0.25, -0.2) is 9.18 Å². The Kier molecular flexibility index (Phi) is 7.69. The van der Waals surface area contributed by atoms with Crippen molar-refractivity contribution in [2.75, 3.05) is 13.1 Å². The predicted molar refractivity (Wildman–Crippen MR) is 107 cm³/mol. The van der Waals surface area contributed by atoms with Gasteiger partial charge in [0, 0.05) is 37.7 Å². The van der Waals surface area contributed by atoms with Gasteiger partial charge in [0.2, 0.25) is 0 Å². The van der Waals surface area contributed by atoms with Crippen molar-refractivity contribution in [2.24, 2.45) is 0 Å². The van der Waals surface area contributed by atoms with E-state index in [1.807, 2.05) is 20.8 Å². The van der Waals surface area contributed by atoms with E-state index in [9.17, 15) is 14.0 Å². The molecule has 1 fully saturated rings. The maximum Gasteiger partial charge on any atom is 0.410 e. The molecule has 0 saturated carbocycles. The highest BCUT2D eigenvalue weighted by atomic mass is 19.1. The SMILES string of the molecule is CC(C)(C)OC(=O)N1CCC(N/C=C(\C=N)C(=O)NCc2ncccc2F)CC1. The van der Waals surface area contributed by atoms with Gasteiger partial charge in [-0.1, -0.05) is 0 Å². The maximum absolute atomic E-state index is 13.6. The molecule has 0 unspecified atom stereocenters. The molecule has 2 heterocycles. The number of piperidine rings is 1. The van der Waals surface area contributed by atoms with Crippen molar-refractivity contribution < 1.29 is 18.7 Å². The summed E-state index contributed by atoms with van der Waals surface area (Å²) >= 11 is 0. The van der Waals surface area contributed by atoms with Gasteiger partial charge >= 0.3 is 6.09 Å². The molecule has 2 amide bonds. The number of nitrogens with zero attached hydrogens (tertiary/aromatic N) is 2. The van der Waals surface area contributed by atoms with Crippen LogP contribution in [-0.2, 0) is 16.1 Å². The van der Waals surface area contributed by atoms with Crippen LogP contribution in [0.5, 0.6) is 0 Å². The quantitative estimate of drug-likeness (QED) is 0.497. The number of carbonyl (C=O) groups is 2. The van der Waals surface area contributed by atoms with Gasteiger partial charge < -0.3 is 25.7 Å². The number of rotatable bonds is 6. The first kappa shape index (κ1) is 22.3. The molecular weight excluding hydrogens is 377 g/mol. The van der Waals surface area contributed by atoms with E-state index in [1.54, 1.807) is 4.90 Å². The summed E-state index contributed by atoms with van der Waals surface area (Å²) in [7, 11) is 0. The fourth-order valence-corrected chi connectivity index (χ4v) is 2.75. The molecule has 29 heavy (non-hydrogen) atoms. The van der Waals surface area contributed by atoms with Crippen molar-refractivity contribution in [2.45, 2.75) is 51.8 Å². The Labute approximate surface area is 170 Å². The first-order valence-corrected chi connectivity index (χ1v) is 9.52. The molecule has 1 aliphatic heterocycles. The Bertz CT molecular complexity index is 768. The summed E-state index contributed by atoms with van der Waals surface area (Å²) in [5.41, 5.74) is -0.275. The highest BCUT2D eigenvalue weighted by Gasteiger charge is 2.26. The molecule has 2 rings (SSSR count). The van der Waals surface area contributed by atoms with Crippen LogP contribution in [0.1, 0.15) is 39.3 Å². The van der Waals surface area contributed by atoms with E-state index in [2.05, 4.69) is 15.6 Å². The fraction of sp³-hybridized carbons (Fsp3) is 0.500. The Morgan fingerprint density at radius 3 is 2.66 bits per heavy atom. The van der Waals surface area contributed by atoms with E-state index in [1.165, 1.54) is 24.5 Å². The van der Waals surface area contributed by atoms with Gasteiger partial charge in [-0.05, 0) is 45.7 Å². The second kappa shape index (κ2) is 9.99. The van der Waals surface area contributed by atoms with E-state index < -0.39 is 17.3 Å². The molecule has 9 heteroatoms. The van der Waals surface area contributed by atoms with Crippen molar-refractivity contribution >= 4 is 18.2 Å². The molecule has 1 aromatic rings. The Hall–Kier alpha value is -2.97. The number of halogens is 1. The highest BCUT2D eigenvalue weighted by Crippen LogP contribution is 2.15. The second-order valence-corrected chi connectivity index (χ2v) is 7.77. The third-order valence-corrected chi connectivity index (χ3v) is 4.29. The van der Waals surface area contributed by atoms with Crippen LogP contribution >= 0.6 is 0 Å². The topological polar surface area (TPSA) is 107 Å². The molecule has 1 aromatic heterocycles. The number of ether oxygens (including phenoxy) is 1. The molecule has 0 atom stereocenters. The molecule has 0 bridgehead atoms. The van der Waals surface area contributed by atoms with Gasteiger partial charge in [0.15, 0.2) is 0 Å². The number of nitrogens with one attached hydrogen (secondary N) is 3. The Morgan fingerprint density at radius 2 is 2.07 bits per heavy atom. The molecule has 0 aliphatic carbocycles. The lowest BCUT2D eigenvalue weighted by atomic mass is 10.1. The van der Waals surface area contributed by atoms with Crippen molar-refractivity contribution in [3.8, 4) is 0 Å². The van der Waals surface area contributed by atoms with Crippen molar-refractivity contribution in [3.05, 3.63) is 41.6 Å². The zero-order chi connectivity index (χ0) is 21.4. The number of aromatic nitrogens is 1. The van der Waals surface area contributed by atoms with Crippen LogP contribution in [0.15, 0.2) is 30.1 Å². The summed E-state index contributed by atoms with van der Waals surface area (Å²) in [6, 6.07) is 2.82. The van der Waals surface area contributed by atoms with Crippen LogP contribution < -0.4 is 10.6 Å². The number of hydrogen-bond donors (Lipinski definition) is 3. The monoisotopic (exact) mass is 405 g/mol. The van der Waals surface area contributed by atoms with Gasteiger partial charge in [0.25, 0.3) is 5.91 Å². The molecule has 1 saturated heterocycles. The average Bonchev–Trinajstić information content (AvgIpc) is 2.67. The normalized spacial score (nSPS) is 15.6. The lowest BCUT2D eigenvalue weighted by Crippen LogP contribution is -2.45. The van der Waals surface area contributed by atoms with Gasteiger partial charge in [0.1, 0.15) is 11.4 Å². The molecule has 0 radical (unpaired) electrons. The number of likely N-dealkylation sites (tertiary alicyclic amines) is 1. The standard InChI is InChI=1S/C20H28FN5O3/c1-20(2,3)29-19(28)26-9-6-15(7-10-26)24-12-14(11-22)18(27)25-13-17-16(21)5-4-8-23-17/h4-5,8,11-12,15,22,24H,6-7,9-10,13H2,1-3H3,(H,25,27)/b14-12+,22-11?. The largest absolute Gasteiger partial charge is 0.444 e. The Morgan fingerprint density at radius 1 is 1.38 bits per heavy atom. The summed E-state index contributed by atoms with van der Waals surface area (Å²) in [6.07, 6.45) is 4.93. The number of carbonyl (C=O) groups excluding carboxylic acids is 2. The molecule has 3 N–H and O–H groups in total. The van der Waals surface area contributed by atoms with Crippen LogP contribution in [0.2, 0.25) is 0 Å². The van der Waals surface area contributed by atoms with Crippen LogP contribution in [0.25, 0.3) is 0 Å². The third kappa shape index (κ3) is 7.17.